The van der Waals surface area contributed by atoms with E-state index in [1.165, 1.54) is 76.8 Å². The number of hydrogen-bond acceptors (Lipinski definition) is 2. The van der Waals surface area contributed by atoms with Crippen LogP contribution in [0.2, 0.25) is 0 Å². The van der Waals surface area contributed by atoms with E-state index in [9.17, 15) is 0 Å². The second-order valence-electron chi connectivity index (χ2n) is 12.7. The first-order chi connectivity index (χ1) is 22.1. The fourth-order valence-corrected chi connectivity index (χ4v) is 7.71. The molecule has 0 fully saturated rings. The number of rotatable bonds is 3. The Morgan fingerprint density at radius 2 is 0.889 bits per heavy atom. The minimum absolute atomic E-state index is 0.144. The van der Waals surface area contributed by atoms with Gasteiger partial charge in [0.05, 0.1) is 0 Å². The summed E-state index contributed by atoms with van der Waals surface area (Å²) in [4.78, 5) is 8.51. The summed E-state index contributed by atoms with van der Waals surface area (Å²) >= 11 is 0. The second kappa shape index (κ2) is 9.70. The normalized spacial score (nSPS) is 13.3. The van der Waals surface area contributed by atoms with Crippen molar-refractivity contribution < 1.29 is 0 Å². The second-order valence-corrected chi connectivity index (χ2v) is 12.7. The lowest BCUT2D eigenvalue weighted by Crippen LogP contribution is -2.15. The fraction of sp³-hybridized carbons (Fsp3) is 0.0698. The molecule has 0 saturated heterocycles. The molecule has 212 valence electrons. The maximum Gasteiger partial charge on any atom is 0.0273 e. The number of fused-ring (bicyclic) bond motifs is 10. The maximum absolute atomic E-state index is 4.26. The Balaban J connectivity index is 1.29. The molecule has 45 heavy (non-hydrogen) atoms. The predicted octanol–water partition coefficient (Wildman–Crippen LogP) is 11.2. The van der Waals surface area contributed by atoms with Crippen LogP contribution in [-0.2, 0) is 5.41 Å². The molecule has 2 aromatic heterocycles. The molecule has 9 rings (SSSR count). The summed E-state index contributed by atoms with van der Waals surface area (Å²) in [6.07, 6.45) is 7.44. The molecular weight excluding hydrogens is 544 g/mol. The highest BCUT2D eigenvalue weighted by atomic mass is 14.6. The van der Waals surface area contributed by atoms with Gasteiger partial charge in [-0.1, -0.05) is 86.6 Å². The zero-order valence-electron chi connectivity index (χ0n) is 25.3. The summed E-state index contributed by atoms with van der Waals surface area (Å²) in [6, 6.07) is 44.8. The summed E-state index contributed by atoms with van der Waals surface area (Å²) in [5, 5.41) is 7.99. The average molecular weight is 575 g/mol. The van der Waals surface area contributed by atoms with Gasteiger partial charge in [0.2, 0.25) is 0 Å². The van der Waals surface area contributed by atoms with Gasteiger partial charge in [0, 0.05) is 30.2 Å². The molecule has 0 unspecified atom stereocenters. The molecule has 1 aliphatic rings. The Bertz CT molecular complexity index is 2350. The van der Waals surface area contributed by atoms with Crippen LogP contribution < -0.4 is 0 Å². The van der Waals surface area contributed by atoms with Crippen LogP contribution in [0, 0.1) is 0 Å². The molecule has 1 aliphatic carbocycles. The molecule has 0 saturated carbocycles. The van der Waals surface area contributed by atoms with Crippen molar-refractivity contribution in [2.24, 2.45) is 0 Å². The molecule has 2 heterocycles. The summed E-state index contributed by atoms with van der Waals surface area (Å²) in [6.45, 7) is 4.79. The van der Waals surface area contributed by atoms with Crippen molar-refractivity contribution in [3.8, 4) is 44.5 Å². The van der Waals surface area contributed by atoms with E-state index in [0.717, 1.165) is 11.1 Å². The van der Waals surface area contributed by atoms with Gasteiger partial charge < -0.3 is 0 Å². The van der Waals surface area contributed by atoms with Gasteiger partial charge in [-0.15, -0.1) is 0 Å². The van der Waals surface area contributed by atoms with Crippen molar-refractivity contribution in [1.29, 1.82) is 0 Å². The van der Waals surface area contributed by atoms with E-state index < -0.39 is 0 Å². The quantitative estimate of drug-likeness (QED) is 0.196. The lowest BCUT2D eigenvalue weighted by Gasteiger charge is -2.25. The van der Waals surface area contributed by atoms with Crippen LogP contribution in [-0.4, -0.2) is 9.97 Å². The van der Waals surface area contributed by atoms with Gasteiger partial charge in [0.1, 0.15) is 0 Å². The topological polar surface area (TPSA) is 25.8 Å². The van der Waals surface area contributed by atoms with Crippen molar-refractivity contribution in [1.82, 2.24) is 9.97 Å². The highest BCUT2D eigenvalue weighted by molar-refractivity contribution is 6.27. The molecule has 0 N–H and O–H groups in total. The summed E-state index contributed by atoms with van der Waals surface area (Å²) in [5.41, 5.74) is 12.4. The fourth-order valence-electron chi connectivity index (χ4n) is 7.71. The summed E-state index contributed by atoms with van der Waals surface area (Å²) < 4.78 is 0. The molecule has 0 spiro atoms. The van der Waals surface area contributed by atoms with Gasteiger partial charge in [0.25, 0.3) is 0 Å². The van der Waals surface area contributed by atoms with Crippen LogP contribution in [0.15, 0.2) is 146 Å². The van der Waals surface area contributed by atoms with Gasteiger partial charge in [-0.3, -0.25) is 9.97 Å². The van der Waals surface area contributed by atoms with Crippen LogP contribution in [0.25, 0.3) is 76.8 Å². The molecule has 0 aliphatic heterocycles. The summed E-state index contributed by atoms with van der Waals surface area (Å²) in [5.74, 6) is 0. The standard InChI is InChI=1S/C43H30N2/c1-43(2)40-14-11-29(32-24-30(27-15-19-44-20-16-27)23-31(25-32)28-17-21-45-22-18-28)26-39(40)38-13-12-37-35-9-4-3-7-33(35)34-8-5-6-10-36(34)41(37)42(38)43/h3-26H,1-2H3. The molecular formula is C43H30N2. The maximum atomic E-state index is 4.26. The number of hydrogen-bond donors (Lipinski definition) is 0. The van der Waals surface area contributed by atoms with Crippen LogP contribution >= 0.6 is 0 Å². The Hall–Kier alpha value is -5.60. The molecule has 0 atom stereocenters. The number of nitrogens with zero attached hydrogens (tertiary/aromatic N) is 2. The molecule has 0 amide bonds. The smallest absolute Gasteiger partial charge is 0.0273 e. The van der Waals surface area contributed by atoms with E-state index in [0.29, 0.717) is 0 Å². The van der Waals surface area contributed by atoms with Crippen LogP contribution in [0.3, 0.4) is 0 Å². The van der Waals surface area contributed by atoms with Gasteiger partial charge in [-0.05, 0) is 136 Å². The number of benzene rings is 6. The highest BCUT2D eigenvalue weighted by Gasteiger charge is 2.37. The van der Waals surface area contributed by atoms with Crippen LogP contribution in [0.4, 0.5) is 0 Å². The molecule has 0 radical (unpaired) electrons. The molecule has 0 bridgehead atoms. The molecule has 2 nitrogen and oxygen atoms in total. The van der Waals surface area contributed by atoms with Crippen molar-refractivity contribution >= 4 is 32.3 Å². The van der Waals surface area contributed by atoms with Gasteiger partial charge >= 0.3 is 0 Å². The van der Waals surface area contributed by atoms with Crippen molar-refractivity contribution in [2.75, 3.05) is 0 Å². The Morgan fingerprint density at radius 3 is 1.47 bits per heavy atom. The van der Waals surface area contributed by atoms with Gasteiger partial charge in [-0.2, -0.15) is 0 Å². The van der Waals surface area contributed by atoms with E-state index >= 15 is 0 Å². The average Bonchev–Trinajstić information content (AvgIpc) is 3.34. The van der Waals surface area contributed by atoms with Gasteiger partial charge in [-0.25, -0.2) is 0 Å². The molecule has 6 aromatic carbocycles. The number of pyridine rings is 2. The monoisotopic (exact) mass is 574 g/mol. The Kier molecular flexibility index (Phi) is 5.58. The molecule has 8 aromatic rings. The van der Waals surface area contributed by atoms with Crippen LogP contribution in [0.1, 0.15) is 25.0 Å². The van der Waals surface area contributed by atoms with E-state index in [1.54, 1.807) is 0 Å². The first kappa shape index (κ1) is 25.9. The Morgan fingerprint density at radius 1 is 0.400 bits per heavy atom. The zero-order chi connectivity index (χ0) is 30.1. The van der Waals surface area contributed by atoms with Gasteiger partial charge in [0.15, 0.2) is 0 Å². The SMILES string of the molecule is CC1(C)c2ccc(-c3cc(-c4ccncc4)cc(-c4ccncc4)c3)cc2-c2ccc3c4ccccc4c4ccccc4c3c21. The minimum atomic E-state index is -0.144. The van der Waals surface area contributed by atoms with E-state index in [-0.39, 0.29) is 5.41 Å². The van der Waals surface area contributed by atoms with E-state index in [4.69, 9.17) is 0 Å². The lowest BCUT2D eigenvalue weighted by atomic mass is 9.78. The highest BCUT2D eigenvalue weighted by Crippen LogP contribution is 2.54. The van der Waals surface area contributed by atoms with E-state index in [2.05, 4.69) is 145 Å². The third-order valence-corrected chi connectivity index (χ3v) is 9.81. The van der Waals surface area contributed by atoms with E-state index in [1.807, 2.05) is 24.8 Å². The molecule has 2 heteroatoms. The van der Waals surface area contributed by atoms with Crippen LogP contribution in [0.5, 0.6) is 0 Å². The minimum Gasteiger partial charge on any atom is -0.265 e. The third-order valence-electron chi connectivity index (χ3n) is 9.81. The van der Waals surface area contributed by atoms with Crippen molar-refractivity contribution in [2.45, 2.75) is 19.3 Å². The third kappa shape index (κ3) is 3.89. The summed E-state index contributed by atoms with van der Waals surface area (Å²) in [7, 11) is 0. The predicted molar refractivity (Wildman–Crippen MR) is 188 cm³/mol. The first-order valence-corrected chi connectivity index (χ1v) is 15.6. The number of aromatic nitrogens is 2. The Labute approximate surface area is 262 Å². The zero-order valence-corrected chi connectivity index (χ0v) is 25.3. The lowest BCUT2D eigenvalue weighted by molar-refractivity contribution is 0.667. The largest absolute Gasteiger partial charge is 0.265 e. The van der Waals surface area contributed by atoms with Crippen molar-refractivity contribution in [3.05, 3.63) is 157 Å². The first-order valence-electron chi connectivity index (χ1n) is 15.6. The van der Waals surface area contributed by atoms with Crippen molar-refractivity contribution in [3.63, 3.8) is 0 Å².